The number of aromatic nitrogens is 1. The Balaban J connectivity index is 1.96. The van der Waals surface area contributed by atoms with Crippen molar-refractivity contribution in [3.8, 4) is 5.88 Å². The maximum absolute atomic E-state index is 12.2. The molecule has 0 saturated carbocycles. The normalized spacial score (nSPS) is 17.6. The number of rotatable bonds is 5. The number of hydrogen-bond donors (Lipinski definition) is 1. The summed E-state index contributed by atoms with van der Waals surface area (Å²) in [6, 6.07) is 3.33. The van der Waals surface area contributed by atoms with Gasteiger partial charge >= 0.3 is 0 Å². The van der Waals surface area contributed by atoms with Gasteiger partial charge in [-0.3, -0.25) is 9.59 Å². The van der Waals surface area contributed by atoms with Crippen molar-refractivity contribution < 1.29 is 14.3 Å². The quantitative estimate of drug-likeness (QED) is 0.882. The highest BCUT2D eigenvalue weighted by Crippen LogP contribution is 2.18. The standard InChI is InChI=1S/C15H21N3O3/c1-3-21-15-12(6-4-8-16-15)10-17-14(20)13-7-5-9-18(13)11(2)19/h4,6,8,13H,3,5,7,9-10H2,1-2H3,(H,17,20)/t13-/m0/s1. The molecule has 1 aliphatic rings. The molecule has 1 atom stereocenters. The molecule has 0 aliphatic carbocycles. The van der Waals surface area contributed by atoms with Gasteiger partial charge < -0.3 is 15.0 Å². The molecule has 0 bridgehead atoms. The summed E-state index contributed by atoms with van der Waals surface area (Å²) in [5, 5.41) is 2.87. The van der Waals surface area contributed by atoms with Crippen LogP contribution in [0.2, 0.25) is 0 Å². The number of nitrogens with one attached hydrogen (secondary N) is 1. The van der Waals surface area contributed by atoms with Gasteiger partial charge in [-0.25, -0.2) is 4.98 Å². The molecule has 0 spiro atoms. The van der Waals surface area contributed by atoms with Gasteiger partial charge in [-0.05, 0) is 25.8 Å². The molecule has 0 aromatic carbocycles. The molecule has 6 nitrogen and oxygen atoms in total. The molecular formula is C15H21N3O3. The molecule has 1 fully saturated rings. The van der Waals surface area contributed by atoms with Gasteiger partial charge in [-0.15, -0.1) is 0 Å². The Morgan fingerprint density at radius 1 is 1.52 bits per heavy atom. The Kier molecular flexibility index (Phi) is 5.14. The first-order chi connectivity index (χ1) is 10.1. The number of amides is 2. The van der Waals surface area contributed by atoms with E-state index in [1.165, 1.54) is 6.92 Å². The number of nitrogens with zero attached hydrogens (tertiary/aromatic N) is 2. The minimum atomic E-state index is -0.352. The summed E-state index contributed by atoms with van der Waals surface area (Å²) in [7, 11) is 0. The second kappa shape index (κ2) is 7.06. The molecule has 1 N–H and O–H groups in total. The van der Waals surface area contributed by atoms with Gasteiger partial charge in [-0.2, -0.15) is 0 Å². The molecule has 0 unspecified atom stereocenters. The fourth-order valence-corrected chi connectivity index (χ4v) is 2.54. The lowest BCUT2D eigenvalue weighted by atomic mass is 10.2. The fraction of sp³-hybridized carbons (Fsp3) is 0.533. The number of hydrogen-bond acceptors (Lipinski definition) is 4. The van der Waals surface area contributed by atoms with Crippen molar-refractivity contribution in [2.45, 2.75) is 39.3 Å². The summed E-state index contributed by atoms with van der Waals surface area (Å²) in [5.41, 5.74) is 0.833. The highest BCUT2D eigenvalue weighted by Gasteiger charge is 2.32. The summed E-state index contributed by atoms with van der Waals surface area (Å²) in [6.45, 7) is 4.92. The Bertz CT molecular complexity index is 519. The topological polar surface area (TPSA) is 71.5 Å². The van der Waals surface area contributed by atoms with Crippen molar-refractivity contribution in [3.63, 3.8) is 0 Å². The van der Waals surface area contributed by atoms with Crippen LogP contribution in [-0.2, 0) is 16.1 Å². The maximum Gasteiger partial charge on any atom is 0.243 e. The number of carbonyl (C=O) groups is 2. The van der Waals surface area contributed by atoms with Crippen LogP contribution < -0.4 is 10.1 Å². The van der Waals surface area contributed by atoms with Crippen molar-refractivity contribution in [1.82, 2.24) is 15.2 Å². The van der Waals surface area contributed by atoms with Crippen LogP contribution >= 0.6 is 0 Å². The van der Waals surface area contributed by atoms with Crippen LogP contribution in [0.4, 0.5) is 0 Å². The van der Waals surface area contributed by atoms with E-state index in [-0.39, 0.29) is 17.9 Å². The van der Waals surface area contributed by atoms with Gasteiger partial charge in [0.25, 0.3) is 0 Å². The summed E-state index contributed by atoms with van der Waals surface area (Å²) < 4.78 is 5.43. The third-order valence-electron chi connectivity index (χ3n) is 3.54. The molecule has 6 heteroatoms. The van der Waals surface area contributed by atoms with Crippen molar-refractivity contribution >= 4 is 11.8 Å². The Morgan fingerprint density at radius 2 is 2.33 bits per heavy atom. The van der Waals surface area contributed by atoms with E-state index in [0.717, 1.165) is 18.4 Å². The Hall–Kier alpha value is -2.11. The van der Waals surface area contributed by atoms with Gasteiger partial charge in [0.15, 0.2) is 0 Å². The van der Waals surface area contributed by atoms with Crippen molar-refractivity contribution in [2.75, 3.05) is 13.2 Å². The average molecular weight is 291 g/mol. The molecule has 1 aromatic heterocycles. The SMILES string of the molecule is CCOc1ncccc1CNC(=O)[C@@H]1CCCN1C(C)=O. The van der Waals surface area contributed by atoms with E-state index in [1.807, 2.05) is 13.0 Å². The van der Waals surface area contributed by atoms with Gasteiger partial charge in [0.1, 0.15) is 6.04 Å². The lowest BCUT2D eigenvalue weighted by molar-refractivity contribution is -0.136. The molecule has 1 saturated heterocycles. The van der Waals surface area contributed by atoms with E-state index in [1.54, 1.807) is 17.2 Å². The molecule has 1 aromatic rings. The van der Waals surface area contributed by atoms with E-state index in [9.17, 15) is 9.59 Å². The van der Waals surface area contributed by atoms with E-state index in [2.05, 4.69) is 10.3 Å². The molecule has 114 valence electrons. The zero-order valence-corrected chi connectivity index (χ0v) is 12.5. The molecule has 2 amide bonds. The minimum Gasteiger partial charge on any atom is -0.478 e. The highest BCUT2D eigenvalue weighted by molar-refractivity contribution is 5.87. The fourth-order valence-electron chi connectivity index (χ4n) is 2.54. The van der Waals surface area contributed by atoms with Crippen molar-refractivity contribution in [1.29, 1.82) is 0 Å². The van der Waals surface area contributed by atoms with E-state index in [4.69, 9.17) is 4.74 Å². The predicted octanol–water partition coefficient (Wildman–Crippen LogP) is 1.11. The number of carbonyl (C=O) groups excluding carboxylic acids is 2. The van der Waals surface area contributed by atoms with Crippen molar-refractivity contribution in [2.24, 2.45) is 0 Å². The number of likely N-dealkylation sites (tertiary alicyclic amines) is 1. The van der Waals surface area contributed by atoms with Crippen LogP contribution in [-0.4, -0.2) is 40.9 Å². The predicted molar refractivity (Wildman–Crippen MR) is 77.7 cm³/mol. The second-order valence-electron chi connectivity index (χ2n) is 4.99. The summed E-state index contributed by atoms with van der Waals surface area (Å²) >= 11 is 0. The third-order valence-corrected chi connectivity index (χ3v) is 3.54. The Morgan fingerprint density at radius 3 is 3.05 bits per heavy atom. The first kappa shape index (κ1) is 15.3. The van der Waals surface area contributed by atoms with Crippen LogP contribution in [0.25, 0.3) is 0 Å². The zero-order valence-electron chi connectivity index (χ0n) is 12.5. The summed E-state index contributed by atoms with van der Waals surface area (Å²) in [4.78, 5) is 29.5. The molecular weight excluding hydrogens is 270 g/mol. The number of ether oxygens (including phenoxy) is 1. The van der Waals surface area contributed by atoms with Crippen LogP contribution in [0.3, 0.4) is 0 Å². The van der Waals surface area contributed by atoms with Crippen LogP contribution in [0, 0.1) is 0 Å². The molecule has 2 heterocycles. The monoisotopic (exact) mass is 291 g/mol. The Labute approximate surface area is 124 Å². The zero-order chi connectivity index (χ0) is 15.2. The lowest BCUT2D eigenvalue weighted by Gasteiger charge is -2.22. The number of pyridine rings is 1. The minimum absolute atomic E-state index is 0.0518. The lowest BCUT2D eigenvalue weighted by Crippen LogP contribution is -2.44. The van der Waals surface area contributed by atoms with Crippen molar-refractivity contribution in [3.05, 3.63) is 23.9 Å². The maximum atomic E-state index is 12.2. The second-order valence-corrected chi connectivity index (χ2v) is 4.99. The van der Waals surface area contributed by atoms with Crippen LogP contribution in [0.5, 0.6) is 5.88 Å². The van der Waals surface area contributed by atoms with Crippen LogP contribution in [0.1, 0.15) is 32.3 Å². The van der Waals surface area contributed by atoms with Crippen LogP contribution in [0.15, 0.2) is 18.3 Å². The summed E-state index contributed by atoms with van der Waals surface area (Å²) in [6.07, 6.45) is 3.25. The first-order valence-corrected chi connectivity index (χ1v) is 7.25. The van der Waals surface area contributed by atoms with Gasteiger partial charge in [0, 0.05) is 31.8 Å². The molecule has 21 heavy (non-hydrogen) atoms. The average Bonchev–Trinajstić information content (AvgIpc) is 2.96. The molecule has 0 radical (unpaired) electrons. The largest absolute Gasteiger partial charge is 0.478 e. The van der Waals surface area contributed by atoms with E-state index in [0.29, 0.717) is 25.6 Å². The van der Waals surface area contributed by atoms with Gasteiger partial charge in [-0.1, -0.05) is 6.07 Å². The molecule has 2 rings (SSSR count). The van der Waals surface area contributed by atoms with Gasteiger partial charge in [0.2, 0.25) is 17.7 Å². The van der Waals surface area contributed by atoms with E-state index < -0.39 is 0 Å². The third kappa shape index (κ3) is 3.71. The molecule has 1 aliphatic heterocycles. The summed E-state index contributed by atoms with van der Waals surface area (Å²) in [5.74, 6) is 0.369. The van der Waals surface area contributed by atoms with Gasteiger partial charge in [0.05, 0.1) is 6.61 Å². The highest BCUT2D eigenvalue weighted by atomic mass is 16.5. The van der Waals surface area contributed by atoms with E-state index >= 15 is 0 Å². The first-order valence-electron chi connectivity index (χ1n) is 7.25. The smallest absolute Gasteiger partial charge is 0.243 e.